The Bertz CT molecular complexity index is 721. The van der Waals surface area contributed by atoms with Crippen LogP contribution >= 0.6 is 35.4 Å². The van der Waals surface area contributed by atoms with Crippen molar-refractivity contribution in [1.29, 1.82) is 0 Å². The molecule has 0 radical (unpaired) electrons. The van der Waals surface area contributed by atoms with Crippen LogP contribution in [0.5, 0.6) is 0 Å². The predicted octanol–water partition coefficient (Wildman–Crippen LogP) is 1.22. The van der Waals surface area contributed by atoms with Crippen LogP contribution in [0.4, 0.5) is 0 Å². The molecule has 0 aliphatic carbocycles. The van der Waals surface area contributed by atoms with E-state index in [1.165, 1.54) is 10.8 Å². The second-order valence-corrected chi connectivity index (χ2v) is 11.6. The van der Waals surface area contributed by atoms with E-state index in [1.54, 1.807) is 6.07 Å². The Morgan fingerprint density at radius 2 is 2.17 bits per heavy atom. The van der Waals surface area contributed by atoms with Crippen LogP contribution < -0.4 is 5.69 Å². The molecule has 1 aliphatic rings. The van der Waals surface area contributed by atoms with E-state index in [0.29, 0.717) is 9.15 Å². The minimum atomic E-state index is -2.33. The number of furan rings is 1. The number of aromatic nitrogens is 2. The Morgan fingerprint density at radius 1 is 1.48 bits per heavy atom. The van der Waals surface area contributed by atoms with Crippen LogP contribution in [0.3, 0.4) is 0 Å². The molecule has 8 nitrogen and oxygen atoms in total. The van der Waals surface area contributed by atoms with Crippen molar-refractivity contribution in [1.82, 2.24) is 9.55 Å². The van der Waals surface area contributed by atoms with Crippen molar-refractivity contribution in [3.63, 3.8) is 0 Å². The molecule has 0 spiro atoms. The maximum atomic E-state index is 12.0. The van der Waals surface area contributed by atoms with Crippen molar-refractivity contribution in [3.05, 3.63) is 26.5 Å². The van der Waals surface area contributed by atoms with Crippen molar-refractivity contribution < 1.29 is 24.5 Å². The molecule has 1 fully saturated rings. The predicted molar refractivity (Wildman–Crippen MR) is 92.5 cm³/mol. The molecule has 3 N–H and O–H groups in total. The van der Waals surface area contributed by atoms with Crippen LogP contribution in [0.1, 0.15) is 12.6 Å². The van der Waals surface area contributed by atoms with Gasteiger partial charge in [0.25, 0.3) is 0 Å². The van der Waals surface area contributed by atoms with Crippen LogP contribution in [0.25, 0.3) is 11.1 Å². The first-order valence-electron chi connectivity index (χ1n) is 6.44. The zero-order valence-electron chi connectivity index (χ0n) is 11.9. The van der Waals surface area contributed by atoms with Crippen molar-refractivity contribution in [2.75, 3.05) is 13.7 Å². The molecule has 3 atom stereocenters. The number of ether oxygens (including phenoxy) is 1. The summed E-state index contributed by atoms with van der Waals surface area (Å²) >= 11 is -2.33. The fourth-order valence-corrected chi connectivity index (χ4v) is 4.11. The summed E-state index contributed by atoms with van der Waals surface area (Å²) in [6.45, 7) is -0.315. The van der Waals surface area contributed by atoms with Gasteiger partial charge < -0.3 is 5.11 Å². The van der Waals surface area contributed by atoms with Gasteiger partial charge in [-0.05, 0) is 0 Å². The molecule has 1 saturated heterocycles. The third kappa shape index (κ3) is 3.98. The van der Waals surface area contributed by atoms with Gasteiger partial charge in [-0.2, -0.15) is 0 Å². The van der Waals surface area contributed by atoms with Gasteiger partial charge >= 0.3 is 133 Å². The fraction of sp³-hybridized carbons (Fsp3) is 0.500. The van der Waals surface area contributed by atoms with Crippen molar-refractivity contribution in [2.24, 2.45) is 0 Å². The van der Waals surface area contributed by atoms with Crippen molar-refractivity contribution >= 4 is 46.5 Å². The van der Waals surface area contributed by atoms with Crippen LogP contribution in [-0.2, 0) is 4.74 Å². The Hall–Kier alpha value is -0.430. The van der Waals surface area contributed by atoms with E-state index in [2.05, 4.69) is 4.98 Å². The van der Waals surface area contributed by atoms with E-state index >= 15 is 0 Å². The Kier molecular flexibility index (Phi) is 6.66. The average Bonchev–Trinajstić information content (AvgIpc) is 3.11. The van der Waals surface area contributed by atoms with Crippen LogP contribution in [0.2, 0.25) is 0 Å². The molecule has 2 aromatic heterocycles. The molecule has 130 valence electrons. The van der Waals surface area contributed by atoms with E-state index in [0.717, 1.165) is 7.11 Å². The van der Waals surface area contributed by atoms with Crippen LogP contribution in [0.15, 0.2) is 21.5 Å². The average molecular weight is 481 g/mol. The zero-order chi connectivity index (χ0) is 17.1. The summed E-state index contributed by atoms with van der Waals surface area (Å²) in [6, 6.07) is 1.65. The van der Waals surface area contributed by atoms with Gasteiger partial charge in [-0.3, -0.25) is 0 Å². The summed E-state index contributed by atoms with van der Waals surface area (Å²) in [5, 5.41) is 26.4. The summed E-state index contributed by atoms with van der Waals surface area (Å²) in [4.78, 5) is 15.8. The summed E-state index contributed by atoms with van der Waals surface area (Å²) in [7, 11) is 12.7. The molecular formula is C12H15Cl2IN2O6. The zero-order valence-corrected chi connectivity index (χ0v) is 15.6. The van der Waals surface area contributed by atoms with Gasteiger partial charge in [0.15, 0.2) is 0 Å². The standard InChI is InChI=1S/C11H11Cl2IN2O5.CH4O/c12-14(13)8-1-5-3-16(11(19)15-10(5)21-8)9-2-6(18)7(4-17)20-9;1-2/h1,3,6-7,9,17-18H,2,4H2;2H,1H3. The van der Waals surface area contributed by atoms with E-state index in [4.69, 9.17) is 37.2 Å². The number of halogens is 3. The Labute approximate surface area is 145 Å². The monoisotopic (exact) mass is 480 g/mol. The second-order valence-electron chi connectivity index (χ2n) is 4.55. The summed E-state index contributed by atoms with van der Waals surface area (Å²) < 4.78 is 12.5. The van der Waals surface area contributed by atoms with Gasteiger partial charge in [0, 0.05) is 7.11 Å². The van der Waals surface area contributed by atoms with Crippen molar-refractivity contribution in [2.45, 2.75) is 24.9 Å². The normalized spacial score (nSPS) is 24.4. The first-order chi connectivity index (χ1) is 11.0. The molecule has 2 aromatic rings. The van der Waals surface area contributed by atoms with E-state index in [1.807, 2.05) is 0 Å². The molecule has 23 heavy (non-hydrogen) atoms. The first-order valence-corrected chi connectivity index (χ1v) is 13.0. The number of aliphatic hydroxyl groups excluding tert-OH is 3. The third-order valence-corrected chi connectivity index (χ3v) is 6.47. The Balaban J connectivity index is 0.000000924. The fourth-order valence-electron chi connectivity index (χ4n) is 2.22. The molecule has 1 aliphatic heterocycles. The number of nitrogens with zero attached hydrogens (tertiary/aromatic N) is 2. The van der Waals surface area contributed by atoms with E-state index in [-0.39, 0.29) is 18.7 Å². The molecule has 0 aromatic carbocycles. The number of hydrogen-bond donors (Lipinski definition) is 3. The molecular weight excluding hydrogens is 466 g/mol. The molecule has 0 amide bonds. The SMILES string of the molecule is CO.O=c1nc2oc(I(Cl)Cl)cc2cn1C1CC(O)C(CO)O1. The van der Waals surface area contributed by atoms with Crippen LogP contribution in [0, 0.1) is 3.77 Å². The number of fused-ring (bicyclic) bond motifs is 1. The van der Waals surface area contributed by atoms with Crippen molar-refractivity contribution in [3.8, 4) is 0 Å². The van der Waals surface area contributed by atoms with Gasteiger partial charge in [0.05, 0.1) is 0 Å². The summed E-state index contributed by atoms with van der Waals surface area (Å²) in [6.07, 6.45) is -0.484. The van der Waals surface area contributed by atoms with E-state index < -0.39 is 41.7 Å². The van der Waals surface area contributed by atoms with Gasteiger partial charge in [-0.1, -0.05) is 0 Å². The van der Waals surface area contributed by atoms with Crippen LogP contribution in [-0.4, -0.2) is 50.8 Å². The molecule has 3 unspecified atom stereocenters. The molecule has 11 heteroatoms. The molecule has 3 rings (SSSR count). The topological polar surface area (TPSA) is 118 Å². The number of rotatable bonds is 3. The minimum absolute atomic E-state index is 0.173. The number of hydrogen-bond acceptors (Lipinski definition) is 7. The van der Waals surface area contributed by atoms with Gasteiger partial charge in [0.1, 0.15) is 0 Å². The quantitative estimate of drug-likeness (QED) is 0.565. The van der Waals surface area contributed by atoms with Gasteiger partial charge in [-0.15, -0.1) is 0 Å². The number of aliphatic hydroxyl groups is 3. The van der Waals surface area contributed by atoms with Gasteiger partial charge in [0.2, 0.25) is 0 Å². The molecule has 3 heterocycles. The second kappa shape index (κ2) is 8.10. The Morgan fingerprint density at radius 3 is 2.74 bits per heavy atom. The summed E-state index contributed by atoms with van der Waals surface area (Å²) in [5.74, 6) is 0. The van der Waals surface area contributed by atoms with Gasteiger partial charge in [-0.25, -0.2) is 0 Å². The third-order valence-electron chi connectivity index (χ3n) is 3.24. The summed E-state index contributed by atoms with van der Waals surface area (Å²) in [5.41, 5.74) is -0.393. The maximum absolute atomic E-state index is 12.0. The van der Waals surface area contributed by atoms with E-state index in [9.17, 15) is 9.90 Å². The molecule has 0 bridgehead atoms. The first kappa shape index (κ1) is 18.9. The molecule has 0 saturated carbocycles.